The Morgan fingerprint density at radius 2 is 1.62 bits per heavy atom. The monoisotopic (exact) mass is 538 g/mol. The molecule has 39 heavy (non-hydrogen) atoms. The lowest BCUT2D eigenvalue weighted by atomic mass is 9.96. The van der Waals surface area contributed by atoms with Gasteiger partial charge in [-0.25, -0.2) is 0 Å². The van der Waals surface area contributed by atoms with Crippen molar-refractivity contribution in [2.24, 2.45) is 0 Å². The van der Waals surface area contributed by atoms with Gasteiger partial charge in [0.25, 0.3) is 11.8 Å². The number of rotatable bonds is 8. The highest BCUT2D eigenvalue weighted by Crippen LogP contribution is 2.39. The number of hydrogen-bond donors (Lipinski definition) is 1. The number of aryl methyl sites for hydroxylation is 1. The van der Waals surface area contributed by atoms with Gasteiger partial charge in [0, 0.05) is 50.1 Å². The number of ether oxygens (including phenoxy) is 3. The summed E-state index contributed by atoms with van der Waals surface area (Å²) in [7, 11) is 6.94. The van der Waals surface area contributed by atoms with Crippen molar-refractivity contribution in [2.45, 2.75) is 31.5 Å². The van der Waals surface area contributed by atoms with Crippen molar-refractivity contribution in [3.8, 4) is 11.5 Å². The van der Waals surface area contributed by atoms with Crippen LogP contribution in [0.5, 0.6) is 11.5 Å². The molecule has 2 saturated heterocycles. The topological polar surface area (TPSA) is 101 Å². The van der Waals surface area contributed by atoms with Crippen LogP contribution in [0.1, 0.15) is 39.1 Å². The second-order valence-corrected chi connectivity index (χ2v) is 10.3. The fraction of sp³-hybridized carbons (Fsp3) is 0.483. The van der Waals surface area contributed by atoms with Gasteiger partial charge >= 0.3 is 0 Å². The van der Waals surface area contributed by atoms with E-state index in [1.165, 1.54) is 7.11 Å². The molecular weight excluding hydrogens is 500 g/mol. The number of carbonyl (C=O) groups is 3. The van der Waals surface area contributed by atoms with Crippen molar-refractivity contribution >= 4 is 17.7 Å². The maximum Gasteiger partial charge on any atom is 0.256 e. The second kappa shape index (κ2) is 12.0. The summed E-state index contributed by atoms with van der Waals surface area (Å²) < 4.78 is 16.9. The van der Waals surface area contributed by atoms with Gasteiger partial charge in [-0.3, -0.25) is 19.3 Å². The molecule has 0 bridgehead atoms. The van der Waals surface area contributed by atoms with Crippen LogP contribution in [0.4, 0.5) is 0 Å². The Hall–Kier alpha value is -3.63. The lowest BCUT2D eigenvalue weighted by molar-refractivity contribution is -0.128. The molecule has 2 fully saturated rings. The highest BCUT2D eigenvalue weighted by Gasteiger charge is 2.54. The van der Waals surface area contributed by atoms with E-state index in [1.54, 1.807) is 47.2 Å². The molecule has 10 nitrogen and oxygen atoms in total. The third kappa shape index (κ3) is 6.02. The fourth-order valence-corrected chi connectivity index (χ4v) is 5.13. The molecule has 0 aromatic heterocycles. The van der Waals surface area contributed by atoms with Gasteiger partial charge in [0.1, 0.15) is 11.8 Å². The van der Waals surface area contributed by atoms with E-state index in [9.17, 15) is 14.4 Å². The van der Waals surface area contributed by atoms with E-state index in [0.717, 1.165) is 5.56 Å². The number of amides is 3. The third-order valence-electron chi connectivity index (χ3n) is 7.40. The molecule has 2 aliphatic rings. The van der Waals surface area contributed by atoms with Crippen LogP contribution < -0.4 is 14.8 Å². The Balaban J connectivity index is 1.54. The minimum atomic E-state index is -0.972. The van der Waals surface area contributed by atoms with Crippen LogP contribution in [0.2, 0.25) is 0 Å². The van der Waals surface area contributed by atoms with Crippen molar-refractivity contribution in [3.05, 3.63) is 59.2 Å². The van der Waals surface area contributed by atoms with E-state index in [4.69, 9.17) is 14.2 Å². The highest BCUT2D eigenvalue weighted by molar-refractivity contribution is 5.99. The van der Waals surface area contributed by atoms with Crippen LogP contribution in [0, 0.1) is 6.92 Å². The van der Waals surface area contributed by atoms with E-state index < -0.39 is 11.8 Å². The molecule has 2 aromatic rings. The Morgan fingerprint density at radius 1 is 0.974 bits per heavy atom. The predicted molar refractivity (Wildman–Crippen MR) is 146 cm³/mol. The number of hydrogen-bond acceptors (Lipinski definition) is 7. The lowest BCUT2D eigenvalue weighted by Gasteiger charge is -2.44. The fourth-order valence-electron chi connectivity index (χ4n) is 5.13. The Bertz CT molecular complexity index is 1190. The molecule has 1 atom stereocenters. The largest absolute Gasteiger partial charge is 0.493 e. The van der Waals surface area contributed by atoms with Crippen molar-refractivity contribution in [1.29, 1.82) is 0 Å². The average Bonchev–Trinajstić information content (AvgIpc) is 3.30. The van der Waals surface area contributed by atoms with Gasteiger partial charge in [-0.05, 0) is 51.4 Å². The molecule has 0 aliphatic carbocycles. The van der Waals surface area contributed by atoms with Gasteiger partial charge in [0.05, 0.1) is 20.8 Å². The average molecular weight is 539 g/mol. The molecule has 1 N–H and O–H groups in total. The van der Waals surface area contributed by atoms with E-state index in [2.05, 4.69) is 5.32 Å². The van der Waals surface area contributed by atoms with Crippen LogP contribution in [-0.2, 0) is 9.53 Å². The van der Waals surface area contributed by atoms with E-state index in [1.807, 2.05) is 38.1 Å². The number of benzene rings is 2. The smallest absolute Gasteiger partial charge is 0.256 e. The summed E-state index contributed by atoms with van der Waals surface area (Å²) in [5.41, 5.74) is 1.06. The van der Waals surface area contributed by atoms with Crippen LogP contribution in [-0.4, -0.2) is 105 Å². The first-order valence-electron chi connectivity index (χ1n) is 13.2. The number of likely N-dealkylation sites (N-methyl/N-ethyl adjacent to an activating group) is 1. The van der Waals surface area contributed by atoms with Gasteiger partial charge < -0.3 is 29.3 Å². The zero-order valence-corrected chi connectivity index (χ0v) is 23.4. The Morgan fingerprint density at radius 3 is 2.23 bits per heavy atom. The molecule has 3 amide bonds. The van der Waals surface area contributed by atoms with E-state index in [-0.39, 0.29) is 24.3 Å². The second-order valence-electron chi connectivity index (χ2n) is 10.3. The first kappa shape index (κ1) is 28.4. The maximum absolute atomic E-state index is 13.8. The molecule has 210 valence electrons. The zero-order valence-electron chi connectivity index (χ0n) is 23.4. The van der Waals surface area contributed by atoms with Gasteiger partial charge in [0.2, 0.25) is 5.91 Å². The van der Waals surface area contributed by atoms with Crippen LogP contribution >= 0.6 is 0 Å². The molecule has 1 spiro atoms. The Kier molecular flexibility index (Phi) is 8.76. The number of piperidine rings is 1. The van der Waals surface area contributed by atoms with Gasteiger partial charge in [-0.1, -0.05) is 17.7 Å². The van der Waals surface area contributed by atoms with Crippen LogP contribution in [0.3, 0.4) is 0 Å². The number of nitrogens with zero attached hydrogens (tertiary/aromatic N) is 3. The number of carbonyl (C=O) groups excluding carboxylic acids is 3. The quantitative estimate of drug-likeness (QED) is 0.550. The molecule has 2 aromatic carbocycles. The molecule has 4 rings (SSSR count). The van der Waals surface area contributed by atoms with Crippen molar-refractivity contribution in [2.75, 3.05) is 61.1 Å². The summed E-state index contributed by atoms with van der Waals surface area (Å²) in [6.07, 6.45) is 0.788. The summed E-state index contributed by atoms with van der Waals surface area (Å²) in [6, 6.07) is 11.6. The highest BCUT2D eigenvalue weighted by atomic mass is 16.5. The van der Waals surface area contributed by atoms with E-state index in [0.29, 0.717) is 61.6 Å². The zero-order chi connectivity index (χ0) is 28.2. The Labute approximate surface area is 229 Å². The number of methoxy groups -OCH3 is 2. The molecule has 0 unspecified atom stereocenters. The summed E-state index contributed by atoms with van der Waals surface area (Å²) in [5.74, 6) is 0.399. The summed E-state index contributed by atoms with van der Waals surface area (Å²) in [5, 5.41) is 2.95. The van der Waals surface area contributed by atoms with Crippen molar-refractivity contribution in [1.82, 2.24) is 20.0 Å². The van der Waals surface area contributed by atoms with Crippen molar-refractivity contribution < 1.29 is 28.6 Å². The number of nitrogens with one attached hydrogen (secondary N) is 1. The summed E-state index contributed by atoms with van der Waals surface area (Å²) in [4.78, 5) is 45.7. The SMILES string of the molecule is COc1ccc(C(=O)N2CCC3(CC2)OC[C@H](C(=O)NCCN(C)C)N3C(=O)c2ccc(C)cc2)cc1OC. The first-order chi connectivity index (χ1) is 18.7. The first-order valence-corrected chi connectivity index (χ1v) is 13.2. The molecule has 0 radical (unpaired) electrons. The predicted octanol–water partition coefficient (Wildman–Crippen LogP) is 2.16. The molecule has 2 aliphatic heterocycles. The lowest BCUT2D eigenvalue weighted by Crippen LogP contribution is -2.60. The normalized spacial score (nSPS) is 18.4. The van der Waals surface area contributed by atoms with Gasteiger partial charge in [-0.15, -0.1) is 0 Å². The summed E-state index contributed by atoms with van der Waals surface area (Å²) >= 11 is 0. The van der Waals surface area contributed by atoms with Crippen molar-refractivity contribution in [3.63, 3.8) is 0 Å². The third-order valence-corrected chi connectivity index (χ3v) is 7.40. The van der Waals surface area contributed by atoms with Crippen LogP contribution in [0.15, 0.2) is 42.5 Å². The molecular formula is C29H38N4O6. The summed E-state index contributed by atoms with van der Waals surface area (Å²) in [6.45, 7) is 3.97. The number of likely N-dealkylation sites (tertiary alicyclic amines) is 1. The maximum atomic E-state index is 13.8. The minimum absolute atomic E-state index is 0.106. The molecule has 2 heterocycles. The molecule has 10 heteroatoms. The standard InChI is InChI=1S/C29H38N4O6/c1-20-6-8-21(9-7-20)28(36)33-23(26(34)30-14-17-31(2)3)19-39-29(33)12-15-32(16-13-29)27(35)22-10-11-24(37-4)25(18-22)38-5/h6-11,18,23H,12-17,19H2,1-5H3,(H,30,34)/t23-/m1/s1. The van der Waals surface area contributed by atoms with E-state index >= 15 is 0 Å². The minimum Gasteiger partial charge on any atom is -0.493 e. The van der Waals surface area contributed by atoms with Gasteiger partial charge in [0.15, 0.2) is 11.5 Å². The van der Waals surface area contributed by atoms with Crippen LogP contribution in [0.25, 0.3) is 0 Å². The molecule has 0 saturated carbocycles. The van der Waals surface area contributed by atoms with Gasteiger partial charge in [-0.2, -0.15) is 0 Å².